The van der Waals surface area contributed by atoms with Gasteiger partial charge in [0.15, 0.2) is 5.78 Å². The van der Waals surface area contributed by atoms with Crippen LogP contribution in [0.4, 0.5) is 0 Å². The minimum Gasteiger partial charge on any atom is -0.353 e. The molecule has 0 spiro atoms. The number of hydrogen-bond acceptors (Lipinski definition) is 2. The first kappa shape index (κ1) is 14.8. The second-order valence-electron chi connectivity index (χ2n) is 5.18. The lowest BCUT2D eigenvalue weighted by molar-refractivity contribution is -0.122. The van der Waals surface area contributed by atoms with Gasteiger partial charge in [0.1, 0.15) is 0 Å². The van der Waals surface area contributed by atoms with Gasteiger partial charge in [-0.25, -0.2) is 0 Å². The molecule has 20 heavy (non-hydrogen) atoms. The first-order chi connectivity index (χ1) is 9.56. The van der Waals surface area contributed by atoms with E-state index in [-0.39, 0.29) is 30.1 Å². The Labute approximate surface area is 124 Å². The van der Waals surface area contributed by atoms with Crippen LogP contribution in [0.1, 0.15) is 36.5 Å². The van der Waals surface area contributed by atoms with Crippen molar-refractivity contribution >= 4 is 23.3 Å². The van der Waals surface area contributed by atoms with E-state index in [4.69, 9.17) is 11.6 Å². The topological polar surface area (TPSA) is 46.2 Å². The highest BCUT2D eigenvalue weighted by Gasteiger charge is 2.20. The summed E-state index contributed by atoms with van der Waals surface area (Å²) in [6.07, 6.45) is 6.11. The molecule has 0 fully saturated rings. The van der Waals surface area contributed by atoms with E-state index in [1.165, 1.54) is 0 Å². The first-order valence-corrected chi connectivity index (χ1v) is 7.18. The molecule has 0 saturated heterocycles. The van der Waals surface area contributed by atoms with Gasteiger partial charge in [-0.3, -0.25) is 9.59 Å². The molecule has 1 aliphatic rings. The summed E-state index contributed by atoms with van der Waals surface area (Å²) in [5.41, 5.74) is 0.595. The van der Waals surface area contributed by atoms with Gasteiger partial charge < -0.3 is 5.32 Å². The molecule has 4 heteroatoms. The number of rotatable bonds is 5. The molecule has 0 bridgehead atoms. The SMILES string of the molecule is C[C@H](CC(=O)NC1CC=CC1)C(=O)c1ccc(Cl)cc1. The van der Waals surface area contributed by atoms with Crippen LogP contribution >= 0.6 is 11.6 Å². The van der Waals surface area contributed by atoms with E-state index in [1.54, 1.807) is 31.2 Å². The highest BCUT2D eigenvalue weighted by molar-refractivity contribution is 6.30. The van der Waals surface area contributed by atoms with E-state index < -0.39 is 0 Å². The quantitative estimate of drug-likeness (QED) is 0.668. The van der Waals surface area contributed by atoms with E-state index in [1.807, 2.05) is 0 Å². The molecule has 0 unspecified atom stereocenters. The average molecular weight is 292 g/mol. The zero-order valence-electron chi connectivity index (χ0n) is 11.4. The van der Waals surface area contributed by atoms with E-state index in [0.29, 0.717) is 10.6 Å². The lowest BCUT2D eigenvalue weighted by Gasteiger charge is -2.14. The molecule has 106 valence electrons. The highest BCUT2D eigenvalue weighted by atomic mass is 35.5. The van der Waals surface area contributed by atoms with Crippen LogP contribution in [0.2, 0.25) is 5.02 Å². The number of ketones is 1. The Morgan fingerprint density at radius 1 is 1.25 bits per heavy atom. The maximum Gasteiger partial charge on any atom is 0.220 e. The number of benzene rings is 1. The third-order valence-electron chi connectivity index (χ3n) is 3.44. The summed E-state index contributed by atoms with van der Waals surface area (Å²) >= 11 is 5.79. The smallest absolute Gasteiger partial charge is 0.220 e. The zero-order chi connectivity index (χ0) is 14.5. The van der Waals surface area contributed by atoms with Crippen LogP contribution in [0.15, 0.2) is 36.4 Å². The fraction of sp³-hybridized carbons (Fsp3) is 0.375. The number of Topliss-reactive ketones (excluding diaryl/α,β-unsaturated/α-hetero) is 1. The van der Waals surface area contributed by atoms with E-state index in [0.717, 1.165) is 12.8 Å². The molecule has 3 nitrogen and oxygen atoms in total. The van der Waals surface area contributed by atoms with Crippen LogP contribution in [0.3, 0.4) is 0 Å². The Morgan fingerprint density at radius 3 is 2.45 bits per heavy atom. The summed E-state index contributed by atoms with van der Waals surface area (Å²) in [4.78, 5) is 24.1. The second-order valence-corrected chi connectivity index (χ2v) is 5.62. The van der Waals surface area contributed by atoms with Crippen LogP contribution in [0, 0.1) is 5.92 Å². The molecule has 0 heterocycles. The molecular formula is C16H18ClNO2. The minimum absolute atomic E-state index is 0.0265. The van der Waals surface area contributed by atoms with Gasteiger partial charge in [0.25, 0.3) is 0 Å². The molecule has 0 aromatic heterocycles. The van der Waals surface area contributed by atoms with Crippen LogP contribution in [0.5, 0.6) is 0 Å². The van der Waals surface area contributed by atoms with Gasteiger partial charge >= 0.3 is 0 Å². The first-order valence-electron chi connectivity index (χ1n) is 6.80. The Morgan fingerprint density at radius 2 is 1.85 bits per heavy atom. The number of carbonyl (C=O) groups is 2. The van der Waals surface area contributed by atoms with Crippen LogP contribution in [-0.2, 0) is 4.79 Å². The Kier molecular flexibility index (Phi) is 4.96. The fourth-order valence-electron chi connectivity index (χ4n) is 2.29. The Hall–Kier alpha value is -1.61. The molecule has 2 rings (SSSR count). The predicted octanol–water partition coefficient (Wildman–Crippen LogP) is 3.38. The molecule has 1 amide bonds. The van der Waals surface area contributed by atoms with Gasteiger partial charge in [-0.15, -0.1) is 0 Å². The van der Waals surface area contributed by atoms with Gasteiger partial charge in [-0.1, -0.05) is 30.7 Å². The van der Waals surface area contributed by atoms with Crippen molar-refractivity contribution in [3.63, 3.8) is 0 Å². The third kappa shape index (κ3) is 3.94. The van der Waals surface area contributed by atoms with Crippen LogP contribution < -0.4 is 5.32 Å². The maximum atomic E-state index is 12.2. The number of carbonyl (C=O) groups excluding carboxylic acids is 2. The van der Waals surface area contributed by atoms with E-state index in [9.17, 15) is 9.59 Å². The highest BCUT2D eigenvalue weighted by Crippen LogP contribution is 2.16. The second kappa shape index (κ2) is 6.71. The summed E-state index contributed by atoms with van der Waals surface area (Å²) in [6, 6.07) is 6.96. The monoisotopic (exact) mass is 291 g/mol. The lowest BCUT2D eigenvalue weighted by atomic mass is 9.96. The molecule has 1 aromatic carbocycles. The third-order valence-corrected chi connectivity index (χ3v) is 3.69. The number of hydrogen-bond donors (Lipinski definition) is 1. The van der Waals surface area contributed by atoms with Gasteiger partial charge in [0, 0.05) is 29.0 Å². The van der Waals surface area contributed by atoms with Crippen LogP contribution in [0.25, 0.3) is 0 Å². The summed E-state index contributed by atoms with van der Waals surface area (Å²) < 4.78 is 0. The number of halogens is 1. The van der Waals surface area contributed by atoms with Gasteiger partial charge in [-0.2, -0.15) is 0 Å². The fourth-order valence-corrected chi connectivity index (χ4v) is 2.42. The van der Waals surface area contributed by atoms with Crippen molar-refractivity contribution in [3.8, 4) is 0 Å². The van der Waals surface area contributed by atoms with Gasteiger partial charge in [0.2, 0.25) is 5.91 Å². The van der Waals surface area contributed by atoms with Crippen molar-refractivity contribution in [2.24, 2.45) is 5.92 Å². The molecule has 1 atom stereocenters. The number of nitrogens with one attached hydrogen (secondary N) is 1. The Balaban J connectivity index is 1.87. The summed E-state index contributed by atoms with van der Waals surface area (Å²) in [6.45, 7) is 1.78. The number of amides is 1. The summed E-state index contributed by atoms with van der Waals surface area (Å²) in [7, 11) is 0. The zero-order valence-corrected chi connectivity index (χ0v) is 12.2. The predicted molar refractivity (Wildman–Crippen MR) is 79.9 cm³/mol. The molecule has 0 aliphatic heterocycles. The summed E-state index contributed by atoms with van der Waals surface area (Å²) in [5, 5.41) is 3.55. The normalized spacial score (nSPS) is 16.1. The van der Waals surface area contributed by atoms with Crippen molar-refractivity contribution in [3.05, 3.63) is 47.0 Å². The maximum absolute atomic E-state index is 12.2. The lowest BCUT2D eigenvalue weighted by Crippen LogP contribution is -2.34. The minimum atomic E-state index is -0.328. The van der Waals surface area contributed by atoms with Crippen molar-refractivity contribution < 1.29 is 9.59 Å². The van der Waals surface area contributed by atoms with E-state index >= 15 is 0 Å². The van der Waals surface area contributed by atoms with Gasteiger partial charge in [0.05, 0.1) is 0 Å². The van der Waals surface area contributed by atoms with E-state index in [2.05, 4.69) is 17.5 Å². The van der Waals surface area contributed by atoms with Crippen molar-refractivity contribution in [1.82, 2.24) is 5.32 Å². The molecule has 1 N–H and O–H groups in total. The van der Waals surface area contributed by atoms with Crippen molar-refractivity contribution in [2.75, 3.05) is 0 Å². The van der Waals surface area contributed by atoms with Crippen molar-refractivity contribution in [2.45, 2.75) is 32.2 Å². The molecule has 1 aromatic rings. The molecule has 0 radical (unpaired) electrons. The Bertz CT molecular complexity index is 514. The van der Waals surface area contributed by atoms with Gasteiger partial charge in [-0.05, 0) is 37.1 Å². The largest absolute Gasteiger partial charge is 0.353 e. The summed E-state index contributed by atoms with van der Waals surface area (Å²) in [5.74, 6) is -0.416. The molecule has 0 saturated carbocycles. The molecular weight excluding hydrogens is 274 g/mol. The van der Waals surface area contributed by atoms with Crippen molar-refractivity contribution in [1.29, 1.82) is 0 Å². The molecule has 1 aliphatic carbocycles. The average Bonchev–Trinajstić information content (AvgIpc) is 2.91. The standard InChI is InChI=1S/C16H18ClNO2/c1-11(10-15(19)18-14-4-2-3-5-14)16(20)12-6-8-13(17)9-7-12/h2-3,6-9,11,14H,4-5,10H2,1H3,(H,18,19)/t11-/m1/s1. The van der Waals surface area contributed by atoms with Crippen LogP contribution in [-0.4, -0.2) is 17.7 Å².